The van der Waals surface area contributed by atoms with Crippen molar-refractivity contribution in [2.75, 3.05) is 12.8 Å². The lowest BCUT2D eigenvalue weighted by Gasteiger charge is -2.05. The monoisotopic (exact) mass is 201 g/mol. The van der Waals surface area contributed by atoms with E-state index < -0.39 is 0 Å². The first-order valence-corrected chi connectivity index (χ1v) is 4.52. The number of anilines is 1. The van der Waals surface area contributed by atoms with Gasteiger partial charge in [0.05, 0.1) is 30.3 Å². The first-order valence-electron chi connectivity index (χ1n) is 4.52. The minimum absolute atomic E-state index is 0.565. The molecule has 0 aromatic carbocycles. The summed E-state index contributed by atoms with van der Waals surface area (Å²) >= 11 is 0. The summed E-state index contributed by atoms with van der Waals surface area (Å²) in [6.45, 7) is 0. The van der Waals surface area contributed by atoms with Crippen LogP contribution in [0.25, 0.3) is 11.3 Å². The third kappa shape index (κ3) is 1.88. The number of hydrogen-bond donors (Lipinski definition) is 1. The van der Waals surface area contributed by atoms with E-state index in [0.29, 0.717) is 11.6 Å². The Balaban J connectivity index is 2.49. The Morgan fingerprint density at radius 1 is 1.20 bits per heavy atom. The van der Waals surface area contributed by atoms with E-state index in [4.69, 9.17) is 10.5 Å². The van der Waals surface area contributed by atoms with Crippen molar-refractivity contribution in [3.05, 3.63) is 36.7 Å². The largest absolute Gasteiger partial charge is 0.481 e. The fourth-order valence-electron chi connectivity index (χ4n) is 1.31. The van der Waals surface area contributed by atoms with Crippen molar-refractivity contribution >= 4 is 5.69 Å². The zero-order chi connectivity index (χ0) is 10.7. The van der Waals surface area contributed by atoms with E-state index in [9.17, 15) is 0 Å². The number of nitrogens with two attached hydrogens (primary N) is 1. The lowest BCUT2D eigenvalue weighted by Crippen LogP contribution is -1.93. The molecule has 0 saturated heterocycles. The first kappa shape index (κ1) is 9.45. The summed E-state index contributed by atoms with van der Waals surface area (Å²) < 4.78 is 5.15. The molecule has 0 unspecified atom stereocenters. The summed E-state index contributed by atoms with van der Waals surface area (Å²) in [7, 11) is 1.59. The summed E-state index contributed by atoms with van der Waals surface area (Å²) in [4.78, 5) is 8.31. The molecule has 2 heterocycles. The van der Waals surface area contributed by atoms with Crippen LogP contribution >= 0.6 is 0 Å². The van der Waals surface area contributed by atoms with Crippen LogP contribution in [0.5, 0.6) is 5.88 Å². The number of pyridine rings is 2. The summed E-state index contributed by atoms with van der Waals surface area (Å²) in [6, 6.07) is 7.39. The van der Waals surface area contributed by atoms with Crippen molar-refractivity contribution < 1.29 is 4.74 Å². The fourth-order valence-corrected chi connectivity index (χ4v) is 1.31. The average molecular weight is 201 g/mol. The molecule has 2 rings (SSSR count). The van der Waals surface area contributed by atoms with E-state index in [1.807, 2.05) is 18.2 Å². The molecule has 15 heavy (non-hydrogen) atoms. The molecule has 76 valence electrons. The zero-order valence-electron chi connectivity index (χ0n) is 8.34. The van der Waals surface area contributed by atoms with Crippen LogP contribution in [0.4, 0.5) is 5.69 Å². The Labute approximate surface area is 87.7 Å². The van der Waals surface area contributed by atoms with Gasteiger partial charge in [0.1, 0.15) is 0 Å². The van der Waals surface area contributed by atoms with E-state index in [0.717, 1.165) is 11.3 Å². The quantitative estimate of drug-likeness (QED) is 0.803. The number of hydrogen-bond acceptors (Lipinski definition) is 4. The molecule has 2 aromatic heterocycles. The second-order valence-corrected chi connectivity index (χ2v) is 3.04. The second kappa shape index (κ2) is 3.96. The molecule has 2 N–H and O–H groups in total. The van der Waals surface area contributed by atoms with Gasteiger partial charge in [0.2, 0.25) is 5.88 Å². The van der Waals surface area contributed by atoms with Gasteiger partial charge in [-0.15, -0.1) is 0 Å². The summed E-state index contributed by atoms with van der Waals surface area (Å²) in [5.74, 6) is 0.565. The van der Waals surface area contributed by atoms with Crippen molar-refractivity contribution in [2.24, 2.45) is 0 Å². The highest BCUT2D eigenvalue weighted by molar-refractivity contribution is 5.65. The van der Waals surface area contributed by atoms with Gasteiger partial charge >= 0.3 is 0 Å². The molecule has 0 aliphatic rings. The maximum Gasteiger partial charge on any atom is 0.222 e. The summed E-state index contributed by atoms with van der Waals surface area (Å²) in [6.07, 6.45) is 3.29. The molecule has 4 heteroatoms. The van der Waals surface area contributed by atoms with Crippen molar-refractivity contribution in [1.29, 1.82) is 0 Å². The Bertz CT molecular complexity index is 454. The lowest BCUT2D eigenvalue weighted by molar-refractivity contribution is 0.399. The van der Waals surface area contributed by atoms with Gasteiger partial charge in [0.15, 0.2) is 0 Å². The van der Waals surface area contributed by atoms with E-state index in [2.05, 4.69) is 9.97 Å². The molecule has 0 fully saturated rings. The molecule has 0 aliphatic heterocycles. The Hall–Kier alpha value is -2.10. The van der Waals surface area contributed by atoms with Crippen molar-refractivity contribution in [1.82, 2.24) is 9.97 Å². The number of ether oxygens (including phenoxy) is 1. The van der Waals surface area contributed by atoms with Gasteiger partial charge in [-0.1, -0.05) is 0 Å². The van der Waals surface area contributed by atoms with Gasteiger partial charge in [-0.3, -0.25) is 4.98 Å². The van der Waals surface area contributed by atoms with Crippen LogP contribution < -0.4 is 10.5 Å². The van der Waals surface area contributed by atoms with E-state index in [1.54, 1.807) is 25.6 Å². The molecular weight excluding hydrogens is 190 g/mol. The van der Waals surface area contributed by atoms with E-state index >= 15 is 0 Å². The SMILES string of the molecule is COc1ncccc1-c1ccc(N)cn1. The topological polar surface area (TPSA) is 61.0 Å². The molecule has 0 aliphatic carbocycles. The number of aromatic nitrogens is 2. The Kier molecular flexibility index (Phi) is 2.49. The minimum Gasteiger partial charge on any atom is -0.481 e. The van der Waals surface area contributed by atoms with Crippen LogP contribution in [-0.2, 0) is 0 Å². The number of nitrogen functional groups attached to an aromatic ring is 1. The molecule has 0 amide bonds. The van der Waals surface area contributed by atoms with Gasteiger partial charge in [0.25, 0.3) is 0 Å². The smallest absolute Gasteiger partial charge is 0.222 e. The highest BCUT2D eigenvalue weighted by Gasteiger charge is 2.06. The summed E-state index contributed by atoms with van der Waals surface area (Å²) in [5.41, 5.74) is 7.87. The first-order chi connectivity index (χ1) is 7.31. The highest BCUT2D eigenvalue weighted by Crippen LogP contribution is 2.25. The molecule has 4 nitrogen and oxygen atoms in total. The Morgan fingerprint density at radius 2 is 2.07 bits per heavy atom. The number of nitrogens with zero attached hydrogens (tertiary/aromatic N) is 2. The maximum absolute atomic E-state index is 5.57. The molecule has 0 saturated carbocycles. The van der Waals surface area contributed by atoms with Gasteiger partial charge in [-0.2, -0.15) is 0 Å². The molecular formula is C11H11N3O. The third-order valence-electron chi connectivity index (χ3n) is 2.03. The van der Waals surface area contributed by atoms with Crippen molar-refractivity contribution in [3.8, 4) is 17.1 Å². The van der Waals surface area contributed by atoms with Gasteiger partial charge in [-0.05, 0) is 24.3 Å². The highest BCUT2D eigenvalue weighted by atomic mass is 16.5. The predicted molar refractivity (Wildman–Crippen MR) is 58.4 cm³/mol. The summed E-state index contributed by atoms with van der Waals surface area (Å²) in [5, 5.41) is 0. The van der Waals surface area contributed by atoms with Crippen molar-refractivity contribution in [2.45, 2.75) is 0 Å². The van der Waals surface area contributed by atoms with Crippen LogP contribution in [0.3, 0.4) is 0 Å². The van der Waals surface area contributed by atoms with Crippen LogP contribution in [0.15, 0.2) is 36.7 Å². The average Bonchev–Trinajstić information content (AvgIpc) is 2.30. The molecule has 0 spiro atoms. The standard InChI is InChI=1S/C11H11N3O/c1-15-11-9(3-2-6-13-11)10-5-4-8(12)7-14-10/h2-7H,12H2,1H3. The molecule has 0 bridgehead atoms. The molecule has 0 radical (unpaired) electrons. The molecule has 2 aromatic rings. The Morgan fingerprint density at radius 3 is 2.73 bits per heavy atom. The third-order valence-corrected chi connectivity index (χ3v) is 2.03. The van der Waals surface area contributed by atoms with Gasteiger partial charge in [-0.25, -0.2) is 4.98 Å². The van der Waals surface area contributed by atoms with Crippen LogP contribution in [0, 0.1) is 0 Å². The van der Waals surface area contributed by atoms with Gasteiger partial charge in [0, 0.05) is 6.20 Å². The van der Waals surface area contributed by atoms with Gasteiger partial charge < -0.3 is 10.5 Å². The van der Waals surface area contributed by atoms with E-state index in [1.165, 1.54) is 0 Å². The zero-order valence-corrected chi connectivity index (χ0v) is 8.34. The fraction of sp³-hybridized carbons (Fsp3) is 0.0909. The van der Waals surface area contributed by atoms with E-state index in [-0.39, 0.29) is 0 Å². The van der Waals surface area contributed by atoms with Crippen LogP contribution in [0.1, 0.15) is 0 Å². The maximum atomic E-state index is 5.57. The predicted octanol–water partition coefficient (Wildman–Crippen LogP) is 1.73. The lowest BCUT2D eigenvalue weighted by atomic mass is 10.2. The van der Waals surface area contributed by atoms with Crippen LogP contribution in [-0.4, -0.2) is 17.1 Å². The number of methoxy groups -OCH3 is 1. The second-order valence-electron chi connectivity index (χ2n) is 3.04. The van der Waals surface area contributed by atoms with Crippen molar-refractivity contribution in [3.63, 3.8) is 0 Å². The normalized spacial score (nSPS) is 9.93. The molecule has 0 atom stereocenters. The minimum atomic E-state index is 0.565. The number of rotatable bonds is 2. The van der Waals surface area contributed by atoms with Crippen LogP contribution in [0.2, 0.25) is 0 Å².